The second-order valence-electron chi connectivity index (χ2n) is 4.78. The summed E-state index contributed by atoms with van der Waals surface area (Å²) in [4.78, 5) is 7.60. The molecule has 106 valence electrons. The predicted octanol–water partition coefficient (Wildman–Crippen LogP) is 3.15. The predicted molar refractivity (Wildman–Crippen MR) is 82.6 cm³/mol. The van der Waals surface area contributed by atoms with Crippen LogP contribution in [0.15, 0.2) is 66.0 Å². The number of hydrogen-bond acceptors (Lipinski definition) is 3. The van der Waals surface area contributed by atoms with E-state index in [-0.39, 0.29) is 0 Å². The zero-order chi connectivity index (χ0) is 14.9. The van der Waals surface area contributed by atoms with Crippen LogP contribution in [0.4, 0.5) is 0 Å². The lowest BCUT2D eigenvalue weighted by Crippen LogP contribution is -1.99. The minimum atomic E-state index is -3.29. The highest BCUT2D eigenvalue weighted by Gasteiger charge is 2.17. The minimum Gasteiger partial charge on any atom is -0.361 e. The number of sulfone groups is 1. The Kier molecular flexibility index (Phi) is 3.35. The van der Waals surface area contributed by atoms with E-state index in [1.54, 1.807) is 30.7 Å². The molecule has 2 aromatic heterocycles. The molecular weight excluding hydrogens is 284 g/mol. The van der Waals surface area contributed by atoms with E-state index in [9.17, 15) is 8.42 Å². The summed E-state index contributed by atoms with van der Waals surface area (Å²) in [6.07, 6.45) is 6.48. The molecule has 0 aliphatic rings. The van der Waals surface area contributed by atoms with Crippen molar-refractivity contribution in [3.05, 3.63) is 61.1 Å². The van der Waals surface area contributed by atoms with Crippen molar-refractivity contribution in [1.82, 2.24) is 9.97 Å². The maximum atomic E-state index is 12.0. The smallest absolute Gasteiger partial charge is 0.176 e. The van der Waals surface area contributed by atoms with Crippen molar-refractivity contribution in [2.45, 2.75) is 4.90 Å². The van der Waals surface area contributed by atoms with Crippen molar-refractivity contribution >= 4 is 9.84 Å². The molecule has 5 heteroatoms. The van der Waals surface area contributed by atoms with Crippen molar-refractivity contribution in [2.75, 3.05) is 6.26 Å². The molecule has 3 rings (SSSR count). The molecular formula is C16H14N2O2S. The number of hydrogen-bond donors (Lipinski definition) is 1. The third-order valence-electron chi connectivity index (χ3n) is 3.27. The van der Waals surface area contributed by atoms with Crippen LogP contribution in [0, 0.1) is 0 Å². The van der Waals surface area contributed by atoms with Gasteiger partial charge in [-0.25, -0.2) is 8.42 Å². The van der Waals surface area contributed by atoms with E-state index in [0.717, 1.165) is 16.8 Å². The molecule has 3 aromatic rings. The van der Waals surface area contributed by atoms with Crippen LogP contribution in [0.1, 0.15) is 0 Å². The van der Waals surface area contributed by atoms with Crippen LogP contribution >= 0.6 is 0 Å². The Bertz CT molecular complexity index is 868. The molecule has 4 nitrogen and oxygen atoms in total. The molecule has 0 atom stereocenters. The van der Waals surface area contributed by atoms with Crippen LogP contribution in [0.3, 0.4) is 0 Å². The molecule has 1 N–H and O–H groups in total. The number of rotatable bonds is 3. The van der Waals surface area contributed by atoms with E-state index in [0.29, 0.717) is 10.5 Å². The van der Waals surface area contributed by atoms with Gasteiger partial charge in [0.2, 0.25) is 0 Å². The first kappa shape index (κ1) is 13.6. The summed E-state index contributed by atoms with van der Waals surface area (Å²) in [5.41, 5.74) is 3.32. The molecule has 21 heavy (non-hydrogen) atoms. The van der Waals surface area contributed by atoms with Gasteiger partial charge in [-0.3, -0.25) is 4.98 Å². The van der Waals surface area contributed by atoms with E-state index >= 15 is 0 Å². The van der Waals surface area contributed by atoms with Crippen LogP contribution < -0.4 is 0 Å². The SMILES string of the molecule is CS(=O)(=O)c1ccccc1-c1cc[nH]c1-c1cccnc1. The van der Waals surface area contributed by atoms with Gasteiger partial charge < -0.3 is 4.98 Å². The first-order valence-corrected chi connectivity index (χ1v) is 8.34. The Morgan fingerprint density at radius 1 is 1.00 bits per heavy atom. The van der Waals surface area contributed by atoms with Gasteiger partial charge in [-0.15, -0.1) is 0 Å². The molecule has 0 aliphatic heterocycles. The zero-order valence-corrected chi connectivity index (χ0v) is 12.3. The Labute approximate surface area is 123 Å². The number of pyridine rings is 1. The van der Waals surface area contributed by atoms with Crippen LogP contribution in [0.2, 0.25) is 0 Å². The van der Waals surface area contributed by atoms with Crippen molar-refractivity contribution in [3.8, 4) is 22.4 Å². The third kappa shape index (κ3) is 2.60. The van der Waals surface area contributed by atoms with Gasteiger partial charge in [0, 0.05) is 41.5 Å². The summed E-state index contributed by atoms with van der Waals surface area (Å²) in [5.74, 6) is 0. The minimum absolute atomic E-state index is 0.328. The van der Waals surface area contributed by atoms with Crippen molar-refractivity contribution in [1.29, 1.82) is 0 Å². The molecule has 0 radical (unpaired) electrons. The summed E-state index contributed by atoms with van der Waals surface area (Å²) < 4.78 is 23.9. The Balaban J connectivity index is 2.23. The molecule has 0 amide bonds. The third-order valence-corrected chi connectivity index (χ3v) is 4.43. The van der Waals surface area contributed by atoms with Gasteiger partial charge in [0.15, 0.2) is 9.84 Å². The topological polar surface area (TPSA) is 62.8 Å². The largest absolute Gasteiger partial charge is 0.361 e. The number of aromatic amines is 1. The van der Waals surface area contributed by atoms with Crippen LogP contribution in [-0.2, 0) is 9.84 Å². The number of nitrogens with zero attached hydrogens (tertiary/aromatic N) is 1. The lowest BCUT2D eigenvalue weighted by molar-refractivity contribution is 0.602. The molecule has 0 fully saturated rings. The normalized spacial score (nSPS) is 11.5. The molecule has 0 saturated heterocycles. The highest BCUT2D eigenvalue weighted by Crippen LogP contribution is 2.34. The second-order valence-corrected chi connectivity index (χ2v) is 6.76. The lowest BCUT2D eigenvalue weighted by Gasteiger charge is -2.09. The molecule has 0 unspecified atom stereocenters. The van der Waals surface area contributed by atoms with Crippen LogP contribution in [-0.4, -0.2) is 24.6 Å². The van der Waals surface area contributed by atoms with Crippen molar-refractivity contribution in [3.63, 3.8) is 0 Å². The average molecular weight is 298 g/mol. The maximum Gasteiger partial charge on any atom is 0.176 e. The first-order chi connectivity index (χ1) is 10.1. The molecule has 0 spiro atoms. The summed E-state index contributed by atoms with van der Waals surface area (Å²) >= 11 is 0. The monoisotopic (exact) mass is 298 g/mol. The fraction of sp³-hybridized carbons (Fsp3) is 0.0625. The van der Waals surface area contributed by atoms with E-state index in [1.807, 2.05) is 30.3 Å². The molecule has 0 aliphatic carbocycles. The van der Waals surface area contributed by atoms with Crippen molar-refractivity contribution < 1.29 is 8.42 Å². The van der Waals surface area contributed by atoms with E-state index < -0.39 is 9.84 Å². The fourth-order valence-electron chi connectivity index (χ4n) is 2.36. The summed E-state index contributed by atoms with van der Waals surface area (Å²) in [6.45, 7) is 0. The fourth-order valence-corrected chi connectivity index (χ4v) is 3.26. The Morgan fingerprint density at radius 3 is 2.52 bits per heavy atom. The Hall–Kier alpha value is -2.40. The number of benzene rings is 1. The lowest BCUT2D eigenvalue weighted by atomic mass is 10.0. The Morgan fingerprint density at radius 2 is 1.81 bits per heavy atom. The zero-order valence-electron chi connectivity index (χ0n) is 11.4. The maximum absolute atomic E-state index is 12.0. The van der Waals surface area contributed by atoms with Crippen molar-refractivity contribution in [2.24, 2.45) is 0 Å². The average Bonchev–Trinajstić information content (AvgIpc) is 2.96. The van der Waals surface area contributed by atoms with Crippen LogP contribution in [0.5, 0.6) is 0 Å². The number of H-pyrrole nitrogens is 1. The number of aromatic nitrogens is 2. The molecule has 0 bridgehead atoms. The summed E-state index contributed by atoms with van der Waals surface area (Å²) in [7, 11) is -3.29. The van der Waals surface area contributed by atoms with Gasteiger partial charge in [0.25, 0.3) is 0 Å². The number of nitrogens with one attached hydrogen (secondary N) is 1. The van der Waals surface area contributed by atoms with Gasteiger partial charge in [-0.2, -0.15) is 0 Å². The van der Waals surface area contributed by atoms with Gasteiger partial charge in [0.05, 0.1) is 10.6 Å². The summed E-state index contributed by atoms with van der Waals surface area (Å²) in [5, 5.41) is 0. The van der Waals surface area contributed by atoms with E-state index in [2.05, 4.69) is 9.97 Å². The van der Waals surface area contributed by atoms with E-state index in [4.69, 9.17) is 0 Å². The first-order valence-electron chi connectivity index (χ1n) is 6.44. The van der Waals surface area contributed by atoms with E-state index in [1.165, 1.54) is 6.26 Å². The second kappa shape index (κ2) is 5.18. The molecule has 0 saturated carbocycles. The molecule has 1 aromatic carbocycles. The highest BCUT2D eigenvalue weighted by atomic mass is 32.2. The quantitative estimate of drug-likeness (QED) is 0.808. The van der Waals surface area contributed by atoms with Gasteiger partial charge in [-0.1, -0.05) is 18.2 Å². The van der Waals surface area contributed by atoms with Crippen LogP contribution in [0.25, 0.3) is 22.4 Å². The van der Waals surface area contributed by atoms with Gasteiger partial charge >= 0.3 is 0 Å². The highest BCUT2D eigenvalue weighted by molar-refractivity contribution is 7.90. The van der Waals surface area contributed by atoms with Gasteiger partial charge in [-0.05, 0) is 24.3 Å². The standard InChI is InChI=1S/C16H14N2O2S/c1-21(19,20)15-7-3-2-6-13(15)14-8-10-18-16(14)12-5-4-9-17-11-12/h2-11,18H,1H3. The van der Waals surface area contributed by atoms with Gasteiger partial charge in [0.1, 0.15) is 0 Å². The molecule has 2 heterocycles. The summed E-state index contributed by atoms with van der Waals surface area (Å²) in [6, 6.07) is 12.7.